The predicted octanol–water partition coefficient (Wildman–Crippen LogP) is 4.09. The van der Waals surface area contributed by atoms with Crippen molar-refractivity contribution >= 4 is 5.91 Å². The molecule has 0 aliphatic heterocycles. The molecule has 1 aromatic carbocycles. The first-order valence-corrected chi connectivity index (χ1v) is 8.24. The second-order valence-electron chi connectivity index (χ2n) is 6.36. The van der Waals surface area contributed by atoms with Gasteiger partial charge in [0.25, 0.3) is 5.91 Å². The van der Waals surface area contributed by atoms with Crippen LogP contribution >= 0.6 is 0 Å². The van der Waals surface area contributed by atoms with Crippen LogP contribution in [0.15, 0.2) is 42.7 Å². The quantitative estimate of drug-likeness (QED) is 0.838. The molecular weight excluding hydrogens is 286 g/mol. The Labute approximate surface area is 138 Å². The number of nitrogens with zero attached hydrogens (tertiary/aromatic N) is 2. The Kier molecular flexibility index (Phi) is 6.27. The van der Waals surface area contributed by atoms with Crippen LogP contribution in [0.2, 0.25) is 0 Å². The molecule has 0 saturated carbocycles. The largest absolute Gasteiger partial charge is 0.349 e. The number of carbonyl (C=O) groups excluding carboxylic acids is 1. The molecule has 0 saturated heterocycles. The summed E-state index contributed by atoms with van der Waals surface area (Å²) in [4.78, 5) is 20.8. The average Bonchev–Trinajstić information content (AvgIpc) is 2.55. The lowest BCUT2D eigenvalue weighted by Crippen LogP contribution is -2.32. The number of nitrogens with one attached hydrogen (secondary N) is 1. The van der Waals surface area contributed by atoms with E-state index in [1.807, 2.05) is 37.3 Å². The second kappa shape index (κ2) is 8.42. The van der Waals surface area contributed by atoms with Gasteiger partial charge in [0.2, 0.25) is 0 Å². The van der Waals surface area contributed by atoms with Gasteiger partial charge >= 0.3 is 0 Å². The lowest BCUT2D eigenvalue weighted by molar-refractivity contribution is 0.0937. The second-order valence-corrected chi connectivity index (χ2v) is 6.36. The van der Waals surface area contributed by atoms with Gasteiger partial charge in [0.1, 0.15) is 0 Å². The Bertz CT molecular complexity index is 608. The van der Waals surface area contributed by atoms with Crippen LogP contribution in [0, 0.1) is 5.92 Å². The third kappa shape index (κ3) is 5.47. The van der Waals surface area contributed by atoms with Gasteiger partial charge in [-0.05, 0) is 19.3 Å². The van der Waals surface area contributed by atoms with Gasteiger partial charge in [-0.1, -0.05) is 57.0 Å². The maximum atomic E-state index is 12.2. The summed E-state index contributed by atoms with van der Waals surface area (Å²) in [5.41, 5.74) is 1.45. The van der Waals surface area contributed by atoms with Crippen molar-refractivity contribution in [1.82, 2.24) is 15.3 Å². The molecule has 0 bridgehead atoms. The molecule has 2 rings (SSSR count). The van der Waals surface area contributed by atoms with Crippen molar-refractivity contribution in [2.75, 3.05) is 0 Å². The molecule has 0 spiro atoms. The van der Waals surface area contributed by atoms with E-state index < -0.39 is 0 Å². The van der Waals surface area contributed by atoms with Crippen LogP contribution in [0.4, 0.5) is 0 Å². The number of hydrogen-bond acceptors (Lipinski definition) is 3. The van der Waals surface area contributed by atoms with Crippen molar-refractivity contribution < 1.29 is 4.79 Å². The number of aromatic nitrogens is 2. The zero-order chi connectivity index (χ0) is 16.7. The Morgan fingerprint density at radius 2 is 1.70 bits per heavy atom. The summed E-state index contributed by atoms with van der Waals surface area (Å²) in [7, 11) is 0. The van der Waals surface area contributed by atoms with Crippen molar-refractivity contribution in [1.29, 1.82) is 0 Å². The molecule has 122 valence electrons. The number of benzene rings is 1. The first-order valence-electron chi connectivity index (χ1n) is 8.24. The first kappa shape index (κ1) is 17.1. The van der Waals surface area contributed by atoms with Gasteiger partial charge in [-0.15, -0.1) is 0 Å². The van der Waals surface area contributed by atoms with Crippen LogP contribution < -0.4 is 5.32 Å². The maximum absolute atomic E-state index is 12.2. The van der Waals surface area contributed by atoms with Crippen LogP contribution in [-0.2, 0) is 0 Å². The van der Waals surface area contributed by atoms with E-state index in [1.54, 1.807) is 12.4 Å². The number of hydrogen-bond donors (Lipinski definition) is 1. The third-order valence-electron chi connectivity index (χ3n) is 3.74. The summed E-state index contributed by atoms with van der Waals surface area (Å²) in [6, 6.07) is 9.90. The zero-order valence-corrected chi connectivity index (χ0v) is 14.1. The van der Waals surface area contributed by atoms with Crippen LogP contribution in [0.5, 0.6) is 0 Å². The Morgan fingerprint density at radius 1 is 1.04 bits per heavy atom. The monoisotopic (exact) mass is 311 g/mol. The van der Waals surface area contributed by atoms with E-state index in [-0.39, 0.29) is 11.9 Å². The van der Waals surface area contributed by atoms with Crippen molar-refractivity contribution in [3.63, 3.8) is 0 Å². The highest BCUT2D eigenvalue weighted by atomic mass is 16.1. The van der Waals surface area contributed by atoms with Gasteiger partial charge in [-0.3, -0.25) is 4.79 Å². The highest BCUT2D eigenvalue weighted by Crippen LogP contribution is 2.13. The standard InChI is InChI=1S/C19H25N3O/c1-14(2)8-7-9-15(3)22-19(23)17-12-20-18(21-13-17)16-10-5-4-6-11-16/h4-6,10-15H,7-9H2,1-3H3,(H,22,23). The highest BCUT2D eigenvalue weighted by molar-refractivity contribution is 5.93. The summed E-state index contributed by atoms with van der Waals surface area (Å²) in [6.07, 6.45) is 6.49. The zero-order valence-electron chi connectivity index (χ0n) is 14.1. The van der Waals surface area contributed by atoms with Crippen molar-refractivity contribution in [2.24, 2.45) is 5.92 Å². The molecule has 4 nitrogen and oxygen atoms in total. The minimum atomic E-state index is -0.110. The van der Waals surface area contributed by atoms with E-state index >= 15 is 0 Å². The molecule has 2 aromatic rings. The molecule has 23 heavy (non-hydrogen) atoms. The first-order chi connectivity index (χ1) is 11.1. The molecule has 0 aliphatic rings. The molecular formula is C19H25N3O. The summed E-state index contributed by atoms with van der Waals surface area (Å²) >= 11 is 0. The Hall–Kier alpha value is -2.23. The van der Waals surface area contributed by atoms with E-state index in [1.165, 1.54) is 6.42 Å². The van der Waals surface area contributed by atoms with Crippen LogP contribution in [0.1, 0.15) is 50.4 Å². The predicted molar refractivity (Wildman–Crippen MR) is 93.1 cm³/mol. The molecule has 1 N–H and O–H groups in total. The lowest BCUT2D eigenvalue weighted by atomic mass is 10.0. The molecule has 1 atom stereocenters. The third-order valence-corrected chi connectivity index (χ3v) is 3.74. The fourth-order valence-corrected chi connectivity index (χ4v) is 2.39. The number of rotatable bonds is 7. The minimum Gasteiger partial charge on any atom is -0.349 e. The fourth-order valence-electron chi connectivity index (χ4n) is 2.39. The molecule has 4 heteroatoms. The molecule has 1 aromatic heterocycles. The van der Waals surface area contributed by atoms with E-state index in [0.29, 0.717) is 17.3 Å². The van der Waals surface area contributed by atoms with Crippen molar-refractivity contribution in [3.8, 4) is 11.4 Å². The van der Waals surface area contributed by atoms with Gasteiger partial charge < -0.3 is 5.32 Å². The number of carbonyl (C=O) groups is 1. The molecule has 1 amide bonds. The maximum Gasteiger partial charge on any atom is 0.254 e. The summed E-state index contributed by atoms with van der Waals surface area (Å²) < 4.78 is 0. The van der Waals surface area contributed by atoms with E-state index in [9.17, 15) is 4.79 Å². The van der Waals surface area contributed by atoms with Gasteiger partial charge in [-0.2, -0.15) is 0 Å². The van der Waals surface area contributed by atoms with E-state index in [2.05, 4.69) is 29.1 Å². The number of amides is 1. The summed E-state index contributed by atoms with van der Waals surface area (Å²) in [5.74, 6) is 1.23. The fraction of sp³-hybridized carbons (Fsp3) is 0.421. The van der Waals surface area contributed by atoms with Gasteiger partial charge in [0.05, 0.1) is 5.56 Å². The Balaban J connectivity index is 1.90. The topological polar surface area (TPSA) is 54.9 Å². The summed E-state index contributed by atoms with van der Waals surface area (Å²) in [5, 5.41) is 3.01. The molecule has 0 aliphatic carbocycles. The minimum absolute atomic E-state index is 0.110. The summed E-state index contributed by atoms with van der Waals surface area (Å²) in [6.45, 7) is 6.47. The van der Waals surface area contributed by atoms with Gasteiger partial charge in [0.15, 0.2) is 5.82 Å². The van der Waals surface area contributed by atoms with Gasteiger partial charge in [0, 0.05) is 24.0 Å². The van der Waals surface area contributed by atoms with Crippen LogP contribution in [-0.4, -0.2) is 21.9 Å². The SMILES string of the molecule is CC(C)CCCC(C)NC(=O)c1cnc(-c2ccccc2)nc1. The lowest BCUT2D eigenvalue weighted by Gasteiger charge is -2.14. The van der Waals surface area contributed by atoms with Crippen molar-refractivity contribution in [2.45, 2.75) is 46.1 Å². The molecule has 0 fully saturated rings. The van der Waals surface area contributed by atoms with E-state index in [4.69, 9.17) is 0 Å². The smallest absolute Gasteiger partial charge is 0.254 e. The molecule has 0 radical (unpaired) electrons. The van der Waals surface area contributed by atoms with Crippen LogP contribution in [0.3, 0.4) is 0 Å². The average molecular weight is 311 g/mol. The van der Waals surface area contributed by atoms with Crippen LogP contribution in [0.25, 0.3) is 11.4 Å². The Morgan fingerprint density at radius 3 is 2.30 bits per heavy atom. The van der Waals surface area contributed by atoms with E-state index in [0.717, 1.165) is 18.4 Å². The molecule has 1 unspecified atom stereocenters. The molecule has 1 heterocycles. The van der Waals surface area contributed by atoms with Crippen molar-refractivity contribution in [3.05, 3.63) is 48.3 Å². The van der Waals surface area contributed by atoms with Gasteiger partial charge in [-0.25, -0.2) is 9.97 Å². The highest BCUT2D eigenvalue weighted by Gasteiger charge is 2.11. The normalized spacial score (nSPS) is 12.2.